The molecule has 0 radical (unpaired) electrons. The molecule has 0 aliphatic carbocycles. The lowest BCUT2D eigenvalue weighted by Gasteiger charge is -2.47. The highest BCUT2D eigenvalue weighted by atomic mass is 32.2. The number of carbonyl (C=O) groups excluding carboxylic acids is 1. The average molecular weight is 349 g/mol. The van der Waals surface area contributed by atoms with Crippen LogP contribution in [0.5, 0.6) is 0 Å². The van der Waals surface area contributed by atoms with Gasteiger partial charge in [0, 0.05) is 44.9 Å². The SMILES string of the molecule is O=C(c1ccncn1)N1CC2(CC(OCC3CCOCC3)CS2)C1. The highest BCUT2D eigenvalue weighted by molar-refractivity contribution is 8.01. The number of thioether (sulfide) groups is 1. The van der Waals surface area contributed by atoms with Gasteiger partial charge in [-0.15, -0.1) is 11.8 Å². The molecule has 6 nitrogen and oxygen atoms in total. The lowest BCUT2D eigenvalue weighted by Crippen LogP contribution is -2.60. The minimum atomic E-state index is 0.00944. The van der Waals surface area contributed by atoms with E-state index in [0.29, 0.717) is 17.7 Å². The Balaban J connectivity index is 1.23. The minimum absolute atomic E-state index is 0.00944. The second-order valence-corrected chi connectivity index (χ2v) is 8.45. The molecule has 3 aliphatic heterocycles. The second kappa shape index (κ2) is 6.98. The standard InChI is InChI=1S/C17H23N3O3S/c21-16(15-1-4-18-12-19-15)20-10-17(11-20)7-14(9-24-17)23-8-13-2-5-22-6-3-13/h1,4,12-14H,2-3,5-11H2. The van der Waals surface area contributed by atoms with Gasteiger partial charge in [-0.05, 0) is 31.2 Å². The van der Waals surface area contributed by atoms with E-state index in [0.717, 1.165) is 57.9 Å². The van der Waals surface area contributed by atoms with Crippen LogP contribution in [0.2, 0.25) is 0 Å². The summed E-state index contributed by atoms with van der Waals surface area (Å²) in [7, 11) is 0. The largest absolute Gasteiger partial charge is 0.381 e. The van der Waals surface area contributed by atoms with Crippen LogP contribution in [-0.2, 0) is 9.47 Å². The van der Waals surface area contributed by atoms with Crippen LogP contribution in [0.15, 0.2) is 18.6 Å². The number of nitrogens with zero attached hydrogens (tertiary/aromatic N) is 3. The van der Waals surface area contributed by atoms with Crippen molar-refractivity contribution in [3.05, 3.63) is 24.3 Å². The molecule has 24 heavy (non-hydrogen) atoms. The number of hydrogen-bond acceptors (Lipinski definition) is 6. The molecule has 1 unspecified atom stereocenters. The normalized spacial score (nSPS) is 26.5. The number of aromatic nitrogens is 2. The van der Waals surface area contributed by atoms with Crippen molar-refractivity contribution < 1.29 is 14.3 Å². The number of amides is 1. The zero-order valence-electron chi connectivity index (χ0n) is 13.7. The second-order valence-electron chi connectivity index (χ2n) is 6.97. The molecule has 3 fully saturated rings. The Morgan fingerprint density at radius 3 is 3.00 bits per heavy atom. The summed E-state index contributed by atoms with van der Waals surface area (Å²) in [6.45, 7) is 4.21. The van der Waals surface area contributed by atoms with Crippen molar-refractivity contribution in [3.63, 3.8) is 0 Å². The number of hydrogen-bond donors (Lipinski definition) is 0. The molecule has 4 rings (SSSR count). The molecule has 3 saturated heterocycles. The van der Waals surface area contributed by atoms with Gasteiger partial charge in [-0.3, -0.25) is 4.79 Å². The summed E-state index contributed by atoms with van der Waals surface area (Å²) in [6, 6.07) is 1.68. The van der Waals surface area contributed by atoms with E-state index >= 15 is 0 Å². The van der Waals surface area contributed by atoms with E-state index in [-0.39, 0.29) is 10.7 Å². The van der Waals surface area contributed by atoms with Crippen molar-refractivity contribution >= 4 is 17.7 Å². The first-order chi connectivity index (χ1) is 11.7. The molecular weight excluding hydrogens is 326 g/mol. The monoisotopic (exact) mass is 349 g/mol. The van der Waals surface area contributed by atoms with Crippen LogP contribution < -0.4 is 0 Å². The maximum Gasteiger partial charge on any atom is 0.272 e. The Bertz CT molecular complexity index is 574. The smallest absolute Gasteiger partial charge is 0.272 e. The summed E-state index contributed by atoms with van der Waals surface area (Å²) in [5.41, 5.74) is 0.482. The third kappa shape index (κ3) is 3.43. The maximum absolute atomic E-state index is 12.4. The fourth-order valence-electron chi connectivity index (χ4n) is 3.69. The van der Waals surface area contributed by atoms with E-state index in [4.69, 9.17) is 9.47 Å². The summed E-state index contributed by atoms with van der Waals surface area (Å²) < 4.78 is 11.7. The van der Waals surface area contributed by atoms with E-state index < -0.39 is 0 Å². The van der Waals surface area contributed by atoms with E-state index in [9.17, 15) is 4.79 Å². The number of ether oxygens (including phenoxy) is 2. The summed E-state index contributed by atoms with van der Waals surface area (Å²) in [6.07, 6.45) is 6.65. The molecule has 3 aliphatic rings. The van der Waals surface area contributed by atoms with E-state index in [1.807, 2.05) is 16.7 Å². The van der Waals surface area contributed by atoms with Crippen LogP contribution in [0.1, 0.15) is 29.8 Å². The van der Waals surface area contributed by atoms with Crippen LogP contribution in [0, 0.1) is 5.92 Å². The Labute approximate surface area is 146 Å². The fraction of sp³-hybridized carbons (Fsp3) is 0.706. The number of carbonyl (C=O) groups is 1. The number of likely N-dealkylation sites (tertiary alicyclic amines) is 1. The Hall–Kier alpha value is -1.18. The van der Waals surface area contributed by atoms with E-state index in [1.165, 1.54) is 6.33 Å². The maximum atomic E-state index is 12.4. The van der Waals surface area contributed by atoms with Gasteiger partial charge in [0.1, 0.15) is 12.0 Å². The van der Waals surface area contributed by atoms with Crippen LogP contribution in [0.4, 0.5) is 0 Å². The van der Waals surface area contributed by atoms with E-state index in [1.54, 1.807) is 12.3 Å². The highest BCUT2D eigenvalue weighted by Gasteiger charge is 2.51. The Morgan fingerprint density at radius 1 is 1.42 bits per heavy atom. The van der Waals surface area contributed by atoms with Gasteiger partial charge in [-0.2, -0.15) is 0 Å². The molecule has 0 aromatic carbocycles. The van der Waals surface area contributed by atoms with Gasteiger partial charge in [0.25, 0.3) is 5.91 Å². The topological polar surface area (TPSA) is 64.6 Å². The van der Waals surface area contributed by atoms with Gasteiger partial charge in [-0.1, -0.05) is 0 Å². The first-order valence-electron chi connectivity index (χ1n) is 8.63. The highest BCUT2D eigenvalue weighted by Crippen LogP contribution is 2.46. The first kappa shape index (κ1) is 16.3. The van der Waals surface area contributed by atoms with Gasteiger partial charge < -0.3 is 14.4 Å². The van der Waals surface area contributed by atoms with E-state index in [2.05, 4.69) is 9.97 Å². The summed E-state index contributed by atoms with van der Waals surface area (Å²) in [5.74, 6) is 1.70. The quantitative estimate of drug-likeness (QED) is 0.823. The minimum Gasteiger partial charge on any atom is -0.381 e. The van der Waals surface area contributed by atoms with Gasteiger partial charge in [-0.25, -0.2) is 9.97 Å². The van der Waals surface area contributed by atoms with Crippen LogP contribution in [0.25, 0.3) is 0 Å². The van der Waals surface area contributed by atoms with Gasteiger partial charge in [0.2, 0.25) is 0 Å². The van der Waals surface area contributed by atoms with Gasteiger partial charge in [0.15, 0.2) is 0 Å². The molecule has 1 aromatic heterocycles. The lowest BCUT2D eigenvalue weighted by atomic mass is 9.92. The molecule has 0 bridgehead atoms. The van der Waals surface area contributed by atoms with Gasteiger partial charge in [0.05, 0.1) is 10.9 Å². The van der Waals surface area contributed by atoms with Crippen molar-refractivity contribution in [2.75, 3.05) is 38.7 Å². The number of rotatable bonds is 4. The molecule has 130 valence electrons. The van der Waals surface area contributed by atoms with Crippen molar-refractivity contribution in [2.45, 2.75) is 30.1 Å². The third-order valence-corrected chi connectivity index (χ3v) is 6.71. The predicted molar refractivity (Wildman–Crippen MR) is 91.0 cm³/mol. The molecule has 1 aromatic rings. The molecule has 0 N–H and O–H groups in total. The lowest BCUT2D eigenvalue weighted by molar-refractivity contribution is -0.0119. The van der Waals surface area contributed by atoms with Crippen LogP contribution >= 0.6 is 11.8 Å². The van der Waals surface area contributed by atoms with Crippen molar-refractivity contribution in [2.24, 2.45) is 5.92 Å². The molecular formula is C17H23N3O3S. The predicted octanol–water partition coefficient (Wildman–Crippen LogP) is 1.62. The summed E-state index contributed by atoms with van der Waals surface area (Å²) in [4.78, 5) is 22.2. The zero-order valence-corrected chi connectivity index (χ0v) is 14.5. The molecule has 7 heteroatoms. The zero-order chi connectivity index (χ0) is 16.4. The Kier molecular flexibility index (Phi) is 4.74. The first-order valence-corrected chi connectivity index (χ1v) is 9.61. The molecule has 4 heterocycles. The van der Waals surface area contributed by atoms with Crippen LogP contribution in [-0.4, -0.2) is 70.3 Å². The van der Waals surface area contributed by atoms with Gasteiger partial charge >= 0.3 is 0 Å². The average Bonchev–Trinajstić information content (AvgIpc) is 3.04. The van der Waals surface area contributed by atoms with Crippen molar-refractivity contribution in [1.82, 2.24) is 14.9 Å². The summed E-state index contributed by atoms with van der Waals surface area (Å²) in [5, 5.41) is 0. The fourth-order valence-corrected chi connectivity index (χ4v) is 5.24. The summed E-state index contributed by atoms with van der Waals surface area (Å²) >= 11 is 1.97. The molecule has 0 saturated carbocycles. The van der Waals surface area contributed by atoms with Crippen LogP contribution in [0.3, 0.4) is 0 Å². The third-order valence-electron chi connectivity index (χ3n) is 5.13. The van der Waals surface area contributed by atoms with Crippen molar-refractivity contribution in [1.29, 1.82) is 0 Å². The molecule has 1 atom stereocenters. The Morgan fingerprint density at radius 2 is 2.25 bits per heavy atom. The van der Waals surface area contributed by atoms with Crippen molar-refractivity contribution in [3.8, 4) is 0 Å². The molecule has 1 spiro atoms. The molecule has 1 amide bonds.